The number of aromatic nitrogens is 1. The number of aliphatic hydroxyl groups excluding tert-OH is 1. The molecule has 0 aliphatic rings. The fourth-order valence-electron chi connectivity index (χ4n) is 1.29. The summed E-state index contributed by atoms with van der Waals surface area (Å²) in [6.07, 6.45) is 1.61. The lowest BCUT2D eigenvalue weighted by Crippen LogP contribution is -2.41. The molecule has 0 fully saturated rings. The highest BCUT2D eigenvalue weighted by Gasteiger charge is 2.16. The molecule has 1 unspecified atom stereocenters. The topological polar surface area (TPSA) is 74.6 Å². The molecule has 7 heteroatoms. The Bertz CT molecular complexity index is 501. The molecule has 100 valence electrons. The molecule has 1 rings (SSSR count). The van der Waals surface area contributed by atoms with Crippen molar-refractivity contribution in [3.05, 3.63) is 27.1 Å². The SMILES string of the molecule is CC(CO)N(C)C(=O)Nc1cc(Br)cn(C)c1=O. The maximum atomic E-state index is 11.8. The average molecular weight is 318 g/mol. The molecule has 0 spiro atoms. The molecule has 0 radical (unpaired) electrons. The van der Waals surface area contributed by atoms with Crippen LogP contribution < -0.4 is 10.9 Å². The van der Waals surface area contributed by atoms with Crippen molar-refractivity contribution >= 4 is 27.6 Å². The second-order valence-electron chi connectivity index (χ2n) is 4.06. The van der Waals surface area contributed by atoms with Crippen LogP contribution in [0.4, 0.5) is 10.5 Å². The van der Waals surface area contributed by atoms with Crippen molar-refractivity contribution in [3.63, 3.8) is 0 Å². The lowest BCUT2D eigenvalue weighted by atomic mass is 10.3. The quantitative estimate of drug-likeness (QED) is 0.873. The van der Waals surface area contributed by atoms with Gasteiger partial charge in [0.1, 0.15) is 5.69 Å². The van der Waals surface area contributed by atoms with Gasteiger partial charge in [0.05, 0.1) is 12.6 Å². The first-order chi connectivity index (χ1) is 8.36. The van der Waals surface area contributed by atoms with Crippen molar-refractivity contribution in [2.75, 3.05) is 19.0 Å². The van der Waals surface area contributed by atoms with Gasteiger partial charge in [-0.1, -0.05) is 0 Å². The molecule has 0 aliphatic carbocycles. The van der Waals surface area contributed by atoms with Gasteiger partial charge in [0, 0.05) is 24.8 Å². The zero-order chi connectivity index (χ0) is 13.9. The van der Waals surface area contributed by atoms with Gasteiger partial charge in [-0.3, -0.25) is 4.79 Å². The number of nitrogens with one attached hydrogen (secondary N) is 1. The number of likely N-dealkylation sites (N-methyl/N-ethyl adjacent to an activating group) is 1. The molecule has 1 heterocycles. The number of aryl methyl sites for hydroxylation is 1. The van der Waals surface area contributed by atoms with E-state index in [-0.39, 0.29) is 23.9 Å². The first kappa shape index (κ1) is 14.7. The monoisotopic (exact) mass is 317 g/mol. The Morgan fingerprint density at radius 1 is 1.67 bits per heavy atom. The predicted octanol–water partition coefficient (Wildman–Crippen LogP) is 0.992. The summed E-state index contributed by atoms with van der Waals surface area (Å²) >= 11 is 3.25. The zero-order valence-corrected chi connectivity index (χ0v) is 12.1. The van der Waals surface area contributed by atoms with E-state index in [1.807, 2.05) is 0 Å². The van der Waals surface area contributed by atoms with E-state index in [0.717, 1.165) is 0 Å². The van der Waals surface area contributed by atoms with Crippen molar-refractivity contribution in [1.82, 2.24) is 9.47 Å². The number of carbonyl (C=O) groups is 1. The highest BCUT2D eigenvalue weighted by molar-refractivity contribution is 9.10. The summed E-state index contributed by atoms with van der Waals surface area (Å²) in [4.78, 5) is 24.9. The Labute approximate surface area is 113 Å². The van der Waals surface area contributed by atoms with Crippen LogP contribution >= 0.6 is 15.9 Å². The zero-order valence-electron chi connectivity index (χ0n) is 10.5. The van der Waals surface area contributed by atoms with Crippen LogP contribution in [0.15, 0.2) is 21.5 Å². The lowest BCUT2D eigenvalue weighted by Gasteiger charge is -2.23. The molecule has 2 amide bonds. The summed E-state index contributed by atoms with van der Waals surface area (Å²) < 4.78 is 2.06. The number of hydrogen-bond acceptors (Lipinski definition) is 3. The van der Waals surface area contributed by atoms with Crippen molar-refractivity contribution in [1.29, 1.82) is 0 Å². The highest BCUT2D eigenvalue weighted by Crippen LogP contribution is 2.12. The van der Waals surface area contributed by atoms with Crippen molar-refractivity contribution in [2.24, 2.45) is 7.05 Å². The van der Waals surface area contributed by atoms with Gasteiger partial charge in [-0.15, -0.1) is 0 Å². The fourth-order valence-corrected chi connectivity index (χ4v) is 1.82. The van der Waals surface area contributed by atoms with Crippen LogP contribution in [0.3, 0.4) is 0 Å². The summed E-state index contributed by atoms with van der Waals surface area (Å²) in [6, 6.07) is 0.783. The van der Waals surface area contributed by atoms with Crippen LogP contribution in [0.1, 0.15) is 6.92 Å². The number of urea groups is 1. The molecular formula is C11H16BrN3O3. The number of pyridine rings is 1. The van der Waals surface area contributed by atoms with Gasteiger partial charge in [-0.05, 0) is 28.9 Å². The van der Waals surface area contributed by atoms with Crippen molar-refractivity contribution in [2.45, 2.75) is 13.0 Å². The second-order valence-corrected chi connectivity index (χ2v) is 4.98. The van der Waals surface area contributed by atoms with Crippen LogP contribution in [-0.4, -0.2) is 40.3 Å². The largest absolute Gasteiger partial charge is 0.394 e. The van der Waals surface area contributed by atoms with Gasteiger partial charge in [-0.2, -0.15) is 0 Å². The van der Waals surface area contributed by atoms with Crippen LogP contribution in [-0.2, 0) is 7.05 Å². The summed E-state index contributed by atoms with van der Waals surface area (Å²) in [6.45, 7) is 1.57. The van der Waals surface area contributed by atoms with Crippen LogP contribution in [0, 0.1) is 0 Å². The van der Waals surface area contributed by atoms with E-state index in [9.17, 15) is 9.59 Å². The summed E-state index contributed by atoms with van der Waals surface area (Å²) in [7, 11) is 3.15. The van der Waals surface area contributed by atoms with Crippen LogP contribution in [0.2, 0.25) is 0 Å². The fraction of sp³-hybridized carbons (Fsp3) is 0.455. The van der Waals surface area contributed by atoms with E-state index in [1.165, 1.54) is 15.5 Å². The maximum Gasteiger partial charge on any atom is 0.322 e. The first-order valence-corrected chi connectivity index (χ1v) is 6.17. The van der Waals surface area contributed by atoms with Gasteiger partial charge in [0.15, 0.2) is 0 Å². The number of anilines is 1. The molecule has 1 aromatic rings. The Morgan fingerprint density at radius 2 is 2.28 bits per heavy atom. The summed E-state index contributed by atoms with van der Waals surface area (Å²) in [5.74, 6) is 0. The van der Waals surface area contributed by atoms with E-state index in [1.54, 1.807) is 27.2 Å². The molecule has 1 aromatic heterocycles. The molecule has 0 saturated heterocycles. The van der Waals surface area contributed by atoms with E-state index in [0.29, 0.717) is 4.47 Å². The number of amides is 2. The molecule has 18 heavy (non-hydrogen) atoms. The van der Waals surface area contributed by atoms with E-state index in [2.05, 4.69) is 21.2 Å². The Balaban J connectivity index is 2.92. The molecule has 1 atom stereocenters. The molecule has 0 aliphatic heterocycles. The minimum atomic E-state index is -0.438. The molecular weight excluding hydrogens is 302 g/mol. The standard InChI is InChI=1S/C11H16BrN3O3/c1-7(6-16)15(3)11(18)13-9-4-8(12)5-14(2)10(9)17/h4-5,7,16H,6H2,1-3H3,(H,13,18). The average Bonchev–Trinajstić information content (AvgIpc) is 2.33. The predicted molar refractivity (Wildman–Crippen MR) is 72.7 cm³/mol. The molecule has 0 saturated carbocycles. The first-order valence-electron chi connectivity index (χ1n) is 5.37. The number of halogens is 1. The second kappa shape index (κ2) is 6.01. The van der Waals surface area contributed by atoms with Crippen LogP contribution in [0.5, 0.6) is 0 Å². The summed E-state index contributed by atoms with van der Waals surface area (Å²) in [5.41, 5.74) is -0.106. The van der Waals surface area contributed by atoms with E-state index in [4.69, 9.17) is 5.11 Å². The maximum absolute atomic E-state index is 11.8. The van der Waals surface area contributed by atoms with Gasteiger partial charge in [0.2, 0.25) is 0 Å². The van der Waals surface area contributed by atoms with E-state index < -0.39 is 6.03 Å². The summed E-state index contributed by atoms with van der Waals surface area (Å²) in [5, 5.41) is 11.5. The number of aliphatic hydroxyl groups is 1. The third-order valence-corrected chi connectivity index (χ3v) is 3.07. The molecule has 6 nitrogen and oxygen atoms in total. The van der Waals surface area contributed by atoms with Crippen molar-refractivity contribution < 1.29 is 9.90 Å². The van der Waals surface area contributed by atoms with Gasteiger partial charge in [-0.25, -0.2) is 4.79 Å². The molecule has 2 N–H and O–H groups in total. The number of nitrogens with zero attached hydrogens (tertiary/aromatic N) is 2. The third-order valence-electron chi connectivity index (χ3n) is 2.64. The third kappa shape index (κ3) is 3.33. The van der Waals surface area contributed by atoms with Crippen LogP contribution in [0.25, 0.3) is 0 Å². The van der Waals surface area contributed by atoms with Gasteiger partial charge < -0.3 is 19.9 Å². The van der Waals surface area contributed by atoms with E-state index >= 15 is 0 Å². The number of hydrogen-bond donors (Lipinski definition) is 2. The van der Waals surface area contributed by atoms with Gasteiger partial charge >= 0.3 is 6.03 Å². The Hall–Kier alpha value is -1.34. The minimum Gasteiger partial charge on any atom is -0.394 e. The molecule has 0 aromatic carbocycles. The number of rotatable bonds is 3. The minimum absolute atomic E-state index is 0.138. The number of carbonyl (C=O) groups excluding carboxylic acids is 1. The highest BCUT2D eigenvalue weighted by atomic mass is 79.9. The molecule has 0 bridgehead atoms. The smallest absolute Gasteiger partial charge is 0.322 e. The normalized spacial score (nSPS) is 12.1. The van der Waals surface area contributed by atoms with Gasteiger partial charge in [0.25, 0.3) is 5.56 Å². The van der Waals surface area contributed by atoms with Crippen molar-refractivity contribution in [3.8, 4) is 0 Å². The Kier molecular flexibility index (Phi) is 4.92. The lowest BCUT2D eigenvalue weighted by molar-refractivity contribution is 0.166. The Morgan fingerprint density at radius 3 is 2.83 bits per heavy atom.